The van der Waals surface area contributed by atoms with Gasteiger partial charge in [0.05, 0.1) is 6.07 Å². The Morgan fingerprint density at radius 3 is 2.70 bits per heavy atom. The highest BCUT2D eigenvalue weighted by Gasteiger charge is 2.47. The molecule has 1 nitrogen and oxygen atoms in total. The van der Waals surface area contributed by atoms with E-state index in [9.17, 15) is 0 Å². The van der Waals surface area contributed by atoms with E-state index >= 15 is 0 Å². The first-order valence-electron chi connectivity index (χ1n) is 3.53. The van der Waals surface area contributed by atoms with Crippen LogP contribution >= 0.6 is 11.6 Å². The monoisotopic (exact) mass is 153 g/mol. The number of halogens is 1. The molecule has 2 aliphatic carbocycles. The third-order valence-corrected chi connectivity index (χ3v) is 3.02. The fraction of sp³-hybridized carbons (Fsp3) is 0.625. The zero-order valence-corrected chi connectivity index (χ0v) is 6.30. The molecule has 10 heavy (non-hydrogen) atoms. The van der Waals surface area contributed by atoms with Crippen LogP contribution in [0.25, 0.3) is 0 Å². The molecular formula is C8H8ClN. The quantitative estimate of drug-likeness (QED) is 0.386. The zero-order chi connectivity index (χ0) is 7.19. The van der Waals surface area contributed by atoms with Crippen molar-refractivity contribution in [3.05, 3.63) is 12.2 Å². The molecule has 2 bridgehead atoms. The largest absolute Gasteiger partial charge is 0.196 e. The Hall–Kier alpha value is -0.480. The number of fused-ring (bicyclic) bond motifs is 2. The van der Waals surface area contributed by atoms with Crippen molar-refractivity contribution < 1.29 is 0 Å². The van der Waals surface area contributed by atoms with E-state index in [0.717, 1.165) is 12.8 Å². The van der Waals surface area contributed by atoms with Crippen molar-refractivity contribution in [3.63, 3.8) is 0 Å². The molecule has 0 unspecified atom stereocenters. The first kappa shape index (κ1) is 6.24. The van der Waals surface area contributed by atoms with Gasteiger partial charge in [-0.05, 0) is 18.8 Å². The molecule has 0 amide bonds. The molecule has 0 aliphatic heterocycles. The molecule has 2 heteroatoms. The molecular weight excluding hydrogens is 146 g/mol. The van der Waals surface area contributed by atoms with Gasteiger partial charge in [-0.1, -0.05) is 12.2 Å². The summed E-state index contributed by atoms with van der Waals surface area (Å²) in [5.41, 5.74) is 0. The summed E-state index contributed by atoms with van der Waals surface area (Å²) in [6.45, 7) is 0. The van der Waals surface area contributed by atoms with Crippen molar-refractivity contribution in [2.24, 2.45) is 11.8 Å². The van der Waals surface area contributed by atoms with Gasteiger partial charge in [-0.2, -0.15) is 5.26 Å². The number of nitriles is 1. The maximum Gasteiger partial charge on any atom is 0.137 e. The SMILES string of the molecule is N#C[C@@]1(Cl)C[C@H]2C=C[C@H]1C2. The normalized spacial score (nSPS) is 49.6. The van der Waals surface area contributed by atoms with E-state index in [1.807, 2.05) is 0 Å². The van der Waals surface area contributed by atoms with Gasteiger partial charge in [0.2, 0.25) is 0 Å². The predicted octanol–water partition coefficient (Wildman–Crippen LogP) is 2.08. The molecule has 52 valence electrons. The summed E-state index contributed by atoms with van der Waals surface area (Å²) < 4.78 is 0. The van der Waals surface area contributed by atoms with Gasteiger partial charge in [-0.15, -0.1) is 11.6 Å². The van der Waals surface area contributed by atoms with Gasteiger partial charge < -0.3 is 0 Å². The summed E-state index contributed by atoms with van der Waals surface area (Å²) in [5, 5.41) is 8.73. The van der Waals surface area contributed by atoms with Crippen molar-refractivity contribution in [3.8, 4) is 6.07 Å². The van der Waals surface area contributed by atoms with Crippen LogP contribution in [0.15, 0.2) is 12.2 Å². The van der Waals surface area contributed by atoms with Crippen LogP contribution in [0.2, 0.25) is 0 Å². The van der Waals surface area contributed by atoms with Gasteiger partial charge in [0.1, 0.15) is 4.87 Å². The van der Waals surface area contributed by atoms with Crippen molar-refractivity contribution in [1.82, 2.24) is 0 Å². The van der Waals surface area contributed by atoms with Crippen LogP contribution in [-0.2, 0) is 0 Å². The maximum atomic E-state index is 8.73. The summed E-state index contributed by atoms with van der Waals surface area (Å²) in [6, 6.07) is 2.19. The van der Waals surface area contributed by atoms with Crippen LogP contribution in [0.1, 0.15) is 12.8 Å². The van der Waals surface area contributed by atoms with Crippen LogP contribution < -0.4 is 0 Å². The third-order valence-electron chi connectivity index (χ3n) is 2.51. The lowest BCUT2D eigenvalue weighted by molar-refractivity contribution is 0.602. The van der Waals surface area contributed by atoms with E-state index in [0.29, 0.717) is 11.8 Å². The number of rotatable bonds is 0. The predicted molar refractivity (Wildman–Crippen MR) is 39.6 cm³/mol. The summed E-state index contributed by atoms with van der Waals surface area (Å²) in [5.74, 6) is 0.909. The standard InChI is InChI=1S/C8H8ClN/c9-8(5-10)4-6-1-2-7(8)3-6/h1-2,6-7H,3-4H2/t6-,7-,8-/m0/s1. The first-order chi connectivity index (χ1) is 4.74. The molecule has 0 aromatic heterocycles. The first-order valence-corrected chi connectivity index (χ1v) is 3.91. The van der Waals surface area contributed by atoms with Crippen molar-refractivity contribution in [1.29, 1.82) is 5.26 Å². The molecule has 3 atom stereocenters. The van der Waals surface area contributed by atoms with Crippen LogP contribution in [-0.4, -0.2) is 4.87 Å². The highest BCUT2D eigenvalue weighted by Crippen LogP contribution is 2.49. The van der Waals surface area contributed by atoms with Crippen LogP contribution in [0.3, 0.4) is 0 Å². The summed E-state index contributed by atoms with van der Waals surface area (Å²) in [4.78, 5) is -0.556. The maximum absolute atomic E-state index is 8.73. The van der Waals surface area contributed by atoms with Gasteiger partial charge in [0, 0.05) is 5.92 Å². The van der Waals surface area contributed by atoms with E-state index in [2.05, 4.69) is 18.2 Å². The lowest BCUT2D eigenvalue weighted by Crippen LogP contribution is -2.23. The van der Waals surface area contributed by atoms with Crippen LogP contribution in [0.4, 0.5) is 0 Å². The van der Waals surface area contributed by atoms with E-state index in [4.69, 9.17) is 16.9 Å². The summed E-state index contributed by atoms with van der Waals surface area (Å²) >= 11 is 6.04. The lowest BCUT2D eigenvalue weighted by Gasteiger charge is -2.19. The number of alkyl halides is 1. The Bertz CT molecular complexity index is 228. The molecule has 0 saturated heterocycles. The number of nitrogens with zero attached hydrogens (tertiary/aromatic N) is 1. The van der Waals surface area contributed by atoms with Gasteiger partial charge in [-0.3, -0.25) is 0 Å². The third kappa shape index (κ3) is 0.630. The second kappa shape index (κ2) is 1.77. The molecule has 0 aromatic carbocycles. The minimum absolute atomic E-state index is 0.323. The Balaban J connectivity index is 2.33. The number of allylic oxidation sites excluding steroid dienone is 2. The summed E-state index contributed by atoms with van der Waals surface area (Å²) in [7, 11) is 0. The average Bonchev–Trinajstić information content (AvgIpc) is 2.46. The lowest BCUT2D eigenvalue weighted by atomic mass is 9.94. The molecule has 0 aromatic rings. The fourth-order valence-corrected chi connectivity index (χ4v) is 2.29. The Labute approximate surface area is 65.3 Å². The molecule has 2 aliphatic rings. The number of hydrogen-bond donors (Lipinski definition) is 0. The molecule has 1 fully saturated rings. The summed E-state index contributed by atoms with van der Waals surface area (Å²) in [6.07, 6.45) is 6.22. The van der Waals surface area contributed by atoms with E-state index in [1.165, 1.54) is 0 Å². The fourth-order valence-electron chi connectivity index (χ4n) is 1.93. The van der Waals surface area contributed by atoms with Gasteiger partial charge in [-0.25, -0.2) is 0 Å². The van der Waals surface area contributed by atoms with Crippen molar-refractivity contribution in [2.45, 2.75) is 17.7 Å². The highest BCUT2D eigenvalue weighted by molar-refractivity contribution is 6.26. The molecule has 0 N–H and O–H groups in total. The molecule has 0 heterocycles. The van der Waals surface area contributed by atoms with Crippen molar-refractivity contribution >= 4 is 11.6 Å². The Kier molecular flexibility index (Phi) is 1.10. The van der Waals surface area contributed by atoms with Gasteiger partial charge >= 0.3 is 0 Å². The van der Waals surface area contributed by atoms with Crippen molar-refractivity contribution in [2.75, 3.05) is 0 Å². The van der Waals surface area contributed by atoms with E-state index < -0.39 is 4.87 Å². The molecule has 1 saturated carbocycles. The minimum Gasteiger partial charge on any atom is -0.196 e. The van der Waals surface area contributed by atoms with E-state index in [1.54, 1.807) is 0 Å². The number of hydrogen-bond acceptors (Lipinski definition) is 1. The smallest absolute Gasteiger partial charge is 0.137 e. The Morgan fingerprint density at radius 2 is 2.40 bits per heavy atom. The molecule has 0 radical (unpaired) electrons. The van der Waals surface area contributed by atoms with Gasteiger partial charge in [0.15, 0.2) is 0 Å². The topological polar surface area (TPSA) is 23.8 Å². The van der Waals surface area contributed by atoms with Crippen LogP contribution in [0.5, 0.6) is 0 Å². The van der Waals surface area contributed by atoms with E-state index in [-0.39, 0.29) is 0 Å². The highest BCUT2D eigenvalue weighted by atomic mass is 35.5. The minimum atomic E-state index is -0.556. The average molecular weight is 154 g/mol. The second-order valence-electron chi connectivity index (χ2n) is 3.17. The second-order valence-corrected chi connectivity index (χ2v) is 3.84. The molecule has 2 rings (SSSR count). The van der Waals surface area contributed by atoms with Gasteiger partial charge in [0.25, 0.3) is 0 Å². The van der Waals surface area contributed by atoms with Crippen LogP contribution in [0, 0.1) is 23.2 Å². The molecule has 0 spiro atoms. The Morgan fingerprint density at radius 1 is 1.60 bits per heavy atom. The zero-order valence-electron chi connectivity index (χ0n) is 5.55.